The molecule has 2 aromatic heterocycles. The van der Waals surface area contributed by atoms with Gasteiger partial charge >= 0.3 is 0 Å². The fourth-order valence-electron chi connectivity index (χ4n) is 5.30. The maximum absolute atomic E-state index is 4.73. The Labute approximate surface area is 191 Å². The summed E-state index contributed by atoms with van der Waals surface area (Å²) in [5.74, 6) is 0. The van der Waals surface area contributed by atoms with Crippen molar-refractivity contribution < 1.29 is 0 Å². The van der Waals surface area contributed by atoms with Crippen molar-refractivity contribution in [2.24, 2.45) is 0 Å². The average Bonchev–Trinajstić information content (AvgIpc) is 3.22. The first-order chi connectivity index (χ1) is 16.4. The highest BCUT2D eigenvalue weighted by molar-refractivity contribution is 6.20. The van der Waals surface area contributed by atoms with Crippen LogP contribution in [-0.2, 0) is 0 Å². The molecule has 0 N–H and O–H groups in total. The van der Waals surface area contributed by atoms with E-state index in [4.69, 9.17) is 4.98 Å². The van der Waals surface area contributed by atoms with E-state index in [9.17, 15) is 0 Å². The topological polar surface area (TPSA) is 17.8 Å². The van der Waals surface area contributed by atoms with Gasteiger partial charge in [0.2, 0.25) is 0 Å². The van der Waals surface area contributed by atoms with Gasteiger partial charge in [0.1, 0.15) is 0 Å². The van der Waals surface area contributed by atoms with Crippen molar-refractivity contribution in [2.45, 2.75) is 0 Å². The number of fused-ring (bicyclic) bond motifs is 5. The van der Waals surface area contributed by atoms with Gasteiger partial charge in [-0.15, -0.1) is 0 Å². The number of nitrogens with zero attached hydrogens (tertiary/aromatic N) is 2. The van der Waals surface area contributed by atoms with Crippen molar-refractivity contribution in [3.05, 3.63) is 121 Å². The Hall–Kier alpha value is -4.43. The number of para-hydroxylation sites is 2. The van der Waals surface area contributed by atoms with Gasteiger partial charge in [0, 0.05) is 33.3 Å². The van der Waals surface area contributed by atoms with Crippen molar-refractivity contribution in [3.8, 4) is 16.9 Å². The van der Waals surface area contributed by atoms with E-state index in [2.05, 4.69) is 114 Å². The Bertz CT molecular complexity index is 1700. The van der Waals surface area contributed by atoms with Crippen LogP contribution >= 0.6 is 0 Å². The largest absolute Gasteiger partial charge is 0.308 e. The van der Waals surface area contributed by atoms with E-state index >= 15 is 0 Å². The van der Waals surface area contributed by atoms with Crippen LogP contribution in [0.15, 0.2) is 121 Å². The molecule has 0 amide bonds. The minimum absolute atomic E-state index is 0.999. The fraction of sp³-hybridized carbons (Fsp3) is 0. The van der Waals surface area contributed by atoms with Crippen LogP contribution in [0.2, 0.25) is 0 Å². The summed E-state index contributed by atoms with van der Waals surface area (Å²) in [6.45, 7) is 0. The van der Waals surface area contributed by atoms with Crippen LogP contribution in [0.1, 0.15) is 0 Å². The minimum atomic E-state index is 0.999. The molecule has 0 unspecified atom stereocenters. The first kappa shape index (κ1) is 18.2. The number of hydrogen-bond donors (Lipinski definition) is 0. The van der Waals surface area contributed by atoms with E-state index in [0.29, 0.717) is 0 Å². The summed E-state index contributed by atoms with van der Waals surface area (Å²) in [6, 6.07) is 41.0. The van der Waals surface area contributed by atoms with Crippen LogP contribution in [0.25, 0.3) is 60.3 Å². The molecule has 0 spiro atoms. The molecule has 2 nitrogen and oxygen atoms in total. The molecule has 0 aliphatic rings. The van der Waals surface area contributed by atoms with Crippen LogP contribution in [-0.4, -0.2) is 9.55 Å². The van der Waals surface area contributed by atoms with Gasteiger partial charge in [-0.3, -0.25) is 4.98 Å². The van der Waals surface area contributed by atoms with Crippen molar-refractivity contribution in [1.82, 2.24) is 9.55 Å². The standard InChI is InChI=1S/C31H20N2/c1-3-15-25-23(13-1)30(27-17-9-10-20-32-27)24-14-2-4-16-26(24)31(25)33-28-18-7-5-11-21(28)22-12-6-8-19-29(22)33/h1-20H. The molecule has 0 aliphatic carbocycles. The number of hydrogen-bond acceptors (Lipinski definition) is 1. The maximum Gasteiger partial charge on any atom is 0.0714 e. The highest BCUT2D eigenvalue weighted by Crippen LogP contribution is 2.43. The minimum Gasteiger partial charge on any atom is -0.308 e. The zero-order chi connectivity index (χ0) is 21.8. The summed E-state index contributed by atoms with van der Waals surface area (Å²) in [6.07, 6.45) is 1.87. The van der Waals surface area contributed by atoms with Crippen LogP contribution < -0.4 is 0 Å². The van der Waals surface area contributed by atoms with E-state index in [1.807, 2.05) is 12.3 Å². The van der Waals surface area contributed by atoms with Crippen LogP contribution in [0, 0.1) is 0 Å². The number of benzene rings is 5. The summed E-state index contributed by atoms with van der Waals surface area (Å²) < 4.78 is 2.44. The first-order valence-corrected chi connectivity index (χ1v) is 11.3. The summed E-state index contributed by atoms with van der Waals surface area (Å²) in [4.78, 5) is 4.73. The number of pyridine rings is 1. The average molecular weight is 421 g/mol. The van der Waals surface area contributed by atoms with Gasteiger partial charge in [0.05, 0.1) is 22.4 Å². The highest BCUT2D eigenvalue weighted by Gasteiger charge is 2.20. The van der Waals surface area contributed by atoms with Crippen molar-refractivity contribution >= 4 is 43.4 Å². The Kier molecular flexibility index (Phi) is 3.88. The van der Waals surface area contributed by atoms with Gasteiger partial charge in [-0.25, -0.2) is 0 Å². The lowest BCUT2D eigenvalue weighted by atomic mass is 9.92. The first-order valence-electron chi connectivity index (χ1n) is 11.3. The predicted molar refractivity (Wildman–Crippen MR) is 139 cm³/mol. The smallest absolute Gasteiger partial charge is 0.0714 e. The second kappa shape index (κ2) is 7.04. The molecule has 0 radical (unpaired) electrons. The monoisotopic (exact) mass is 420 g/mol. The third-order valence-electron chi connectivity index (χ3n) is 6.63. The molecule has 0 atom stereocenters. The second-order valence-electron chi connectivity index (χ2n) is 8.40. The fourth-order valence-corrected chi connectivity index (χ4v) is 5.30. The van der Waals surface area contributed by atoms with E-state index in [-0.39, 0.29) is 0 Å². The van der Waals surface area contributed by atoms with Crippen LogP contribution in [0.4, 0.5) is 0 Å². The second-order valence-corrected chi connectivity index (χ2v) is 8.40. The Balaban J connectivity index is 1.75. The third-order valence-corrected chi connectivity index (χ3v) is 6.63. The van der Waals surface area contributed by atoms with Gasteiger partial charge < -0.3 is 4.57 Å². The summed E-state index contributed by atoms with van der Waals surface area (Å²) in [7, 11) is 0. The molecular formula is C31H20N2. The quantitative estimate of drug-likeness (QED) is 0.258. The van der Waals surface area contributed by atoms with Gasteiger partial charge in [0.15, 0.2) is 0 Å². The van der Waals surface area contributed by atoms with Crippen molar-refractivity contribution in [2.75, 3.05) is 0 Å². The van der Waals surface area contributed by atoms with Gasteiger partial charge in [-0.05, 0) is 35.0 Å². The van der Waals surface area contributed by atoms with Gasteiger partial charge in [-0.2, -0.15) is 0 Å². The van der Waals surface area contributed by atoms with E-state index in [1.54, 1.807) is 0 Å². The Morgan fingerprint density at radius 3 is 1.39 bits per heavy atom. The Morgan fingerprint density at radius 1 is 0.424 bits per heavy atom. The molecule has 0 bridgehead atoms. The lowest BCUT2D eigenvalue weighted by molar-refractivity contribution is 1.21. The molecule has 0 saturated heterocycles. The zero-order valence-electron chi connectivity index (χ0n) is 17.9. The van der Waals surface area contributed by atoms with E-state index in [0.717, 1.165) is 5.69 Å². The van der Waals surface area contributed by atoms with Gasteiger partial charge in [0.25, 0.3) is 0 Å². The molecule has 154 valence electrons. The van der Waals surface area contributed by atoms with Gasteiger partial charge in [-0.1, -0.05) is 91.0 Å². The molecule has 33 heavy (non-hydrogen) atoms. The summed E-state index contributed by atoms with van der Waals surface area (Å²) in [5.41, 5.74) is 5.85. The zero-order valence-corrected chi connectivity index (χ0v) is 17.9. The van der Waals surface area contributed by atoms with E-state index < -0.39 is 0 Å². The maximum atomic E-state index is 4.73. The number of rotatable bonds is 2. The molecule has 0 saturated carbocycles. The van der Waals surface area contributed by atoms with Crippen molar-refractivity contribution in [1.29, 1.82) is 0 Å². The predicted octanol–water partition coefficient (Wildman–Crippen LogP) is 8.15. The lowest BCUT2D eigenvalue weighted by Gasteiger charge is -2.19. The molecule has 0 aliphatic heterocycles. The highest BCUT2D eigenvalue weighted by atomic mass is 15.0. The molecule has 0 fully saturated rings. The summed E-state index contributed by atoms with van der Waals surface area (Å²) >= 11 is 0. The SMILES string of the molecule is c1ccc(-c2c3ccccc3c(-n3c4ccccc4c4ccccc43)c3ccccc23)nc1. The van der Waals surface area contributed by atoms with Crippen molar-refractivity contribution in [3.63, 3.8) is 0 Å². The molecule has 2 heteroatoms. The molecule has 7 aromatic rings. The lowest BCUT2D eigenvalue weighted by Crippen LogP contribution is -1.99. The Morgan fingerprint density at radius 2 is 0.879 bits per heavy atom. The van der Waals surface area contributed by atoms with Crippen LogP contribution in [0.3, 0.4) is 0 Å². The molecule has 7 rings (SSSR count). The van der Waals surface area contributed by atoms with Crippen LogP contribution in [0.5, 0.6) is 0 Å². The normalized spacial score (nSPS) is 11.6. The van der Waals surface area contributed by atoms with E-state index in [1.165, 1.54) is 54.6 Å². The third kappa shape index (κ3) is 2.58. The summed E-state index contributed by atoms with van der Waals surface area (Å²) in [5, 5.41) is 7.43. The number of aromatic nitrogens is 2. The molecule has 2 heterocycles. The molecular weight excluding hydrogens is 400 g/mol. The molecule has 5 aromatic carbocycles.